The molecule has 0 unspecified atom stereocenters. The van der Waals surface area contributed by atoms with E-state index in [1.165, 1.54) is 31.4 Å². The molecule has 14 heteroatoms. The number of ether oxygens (including phenoxy) is 1. The van der Waals surface area contributed by atoms with Gasteiger partial charge in [-0.2, -0.15) is 12.7 Å². The van der Waals surface area contributed by atoms with E-state index in [9.17, 15) is 18.0 Å². The molecule has 1 aliphatic rings. The highest BCUT2D eigenvalue weighted by atomic mass is 32.2. The van der Waals surface area contributed by atoms with Crippen molar-refractivity contribution in [2.45, 2.75) is 33.3 Å². The Hall–Kier alpha value is -4.56. The molecule has 0 radical (unpaired) electrons. The van der Waals surface area contributed by atoms with Gasteiger partial charge in [0.25, 0.3) is 0 Å². The molecule has 1 fully saturated rings. The molecule has 1 aliphatic heterocycles. The molecule has 5 rings (SSSR count). The molecule has 0 saturated carbocycles. The summed E-state index contributed by atoms with van der Waals surface area (Å²) >= 11 is 0. The summed E-state index contributed by atoms with van der Waals surface area (Å²) in [5.41, 5.74) is 0.953. The van der Waals surface area contributed by atoms with E-state index < -0.39 is 27.4 Å². The lowest BCUT2D eigenvalue weighted by Gasteiger charge is -2.36. The van der Waals surface area contributed by atoms with E-state index in [2.05, 4.69) is 24.6 Å². The van der Waals surface area contributed by atoms with Crippen LogP contribution in [0.15, 0.2) is 55.0 Å². The van der Waals surface area contributed by atoms with Crippen molar-refractivity contribution in [3.8, 4) is 11.1 Å². The predicted octanol–water partition coefficient (Wildman–Crippen LogP) is 4.66. The quantitative estimate of drug-likeness (QED) is 0.266. The van der Waals surface area contributed by atoms with E-state index in [1.807, 2.05) is 32.9 Å². The Bertz CT molecular complexity index is 1830. The summed E-state index contributed by atoms with van der Waals surface area (Å²) in [4.78, 5) is 41.7. The Labute approximate surface area is 261 Å². The molecule has 45 heavy (non-hydrogen) atoms. The minimum absolute atomic E-state index is 0.186. The van der Waals surface area contributed by atoms with Crippen molar-refractivity contribution in [2.24, 2.45) is 0 Å². The molecule has 0 bridgehead atoms. The maximum atomic E-state index is 15.4. The molecule has 0 atom stereocenters. The van der Waals surface area contributed by atoms with Crippen LogP contribution in [-0.4, -0.2) is 89.8 Å². The number of nitrogens with one attached hydrogen (secondary N) is 2. The SMILES string of the molecule is CCN(C)S(=O)(=O)Nc1cccc(C(=O)c2c[nH]c3ncc(-c4ccc(N5CCN(C(=O)OC(C)(C)C)CC5)nc4)cc23)c1F. The first kappa shape index (κ1) is 31.9. The molecule has 3 aromatic heterocycles. The number of nitrogens with zero attached hydrogens (tertiary/aromatic N) is 5. The normalized spacial score (nSPS) is 14.2. The third-order valence-corrected chi connectivity index (χ3v) is 9.01. The van der Waals surface area contributed by atoms with Gasteiger partial charge in [0, 0.05) is 80.4 Å². The lowest BCUT2D eigenvalue weighted by molar-refractivity contribution is 0.0240. The van der Waals surface area contributed by atoms with Crippen molar-refractivity contribution in [2.75, 3.05) is 49.4 Å². The van der Waals surface area contributed by atoms with Crippen LogP contribution in [0.1, 0.15) is 43.6 Å². The predicted molar refractivity (Wildman–Crippen MR) is 170 cm³/mol. The second-order valence-electron chi connectivity index (χ2n) is 11.7. The third-order valence-electron chi connectivity index (χ3n) is 7.45. The summed E-state index contributed by atoms with van der Waals surface area (Å²) in [6.07, 6.45) is 4.51. The van der Waals surface area contributed by atoms with Gasteiger partial charge >= 0.3 is 16.3 Å². The third kappa shape index (κ3) is 6.91. The number of H-pyrrole nitrogens is 1. The lowest BCUT2D eigenvalue weighted by Crippen LogP contribution is -2.50. The van der Waals surface area contributed by atoms with Crippen LogP contribution in [0, 0.1) is 5.82 Å². The second-order valence-corrected chi connectivity index (χ2v) is 13.5. The Kier molecular flexibility index (Phi) is 8.81. The number of aromatic amines is 1. The van der Waals surface area contributed by atoms with Crippen molar-refractivity contribution in [1.82, 2.24) is 24.2 Å². The van der Waals surface area contributed by atoms with E-state index in [4.69, 9.17) is 4.74 Å². The van der Waals surface area contributed by atoms with Crippen LogP contribution in [0.2, 0.25) is 0 Å². The zero-order valence-electron chi connectivity index (χ0n) is 25.8. The van der Waals surface area contributed by atoms with Gasteiger partial charge in [0.15, 0.2) is 11.6 Å². The molecule has 0 aliphatic carbocycles. The van der Waals surface area contributed by atoms with Crippen molar-refractivity contribution in [3.05, 3.63) is 71.9 Å². The van der Waals surface area contributed by atoms with Gasteiger partial charge in [0.05, 0.1) is 11.3 Å². The molecule has 4 aromatic rings. The monoisotopic (exact) mass is 637 g/mol. The molecule has 238 valence electrons. The number of pyridine rings is 2. The van der Waals surface area contributed by atoms with E-state index in [-0.39, 0.29) is 29.5 Å². The summed E-state index contributed by atoms with van der Waals surface area (Å²) in [6, 6.07) is 9.57. The maximum Gasteiger partial charge on any atom is 0.410 e. The number of hydrogen-bond donors (Lipinski definition) is 2. The topological polar surface area (TPSA) is 141 Å². The first-order valence-electron chi connectivity index (χ1n) is 14.5. The highest BCUT2D eigenvalue weighted by molar-refractivity contribution is 7.90. The molecular weight excluding hydrogens is 601 g/mol. The number of carbonyl (C=O) groups is 2. The zero-order valence-corrected chi connectivity index (χ0v) is 26.6. The number of fused-ring (bicyclic) bond motifs is 1. The molecule has 2 N–H and O–H groups in total. The maximum absolute atomic E-state index is 15.4. The number of rotatable bonds is 8. The van der Waals surface area contributed by atoms with Gasteiger partial charge < -0.3 is 19.5 Å². The van der Waals surface area contributed by atoms with E-state index in [0.29, 0.717) is 42.8 Å². The Balaban J connectivity index is 1.33. The minimum atomic E-state index is -3.99. The van der Waals surface area contributed by atoms with Crippen molar-refractivity contribution in [1.29, 1.82) is 0 Å². The van der Waals surface area contributed by atoms with Gasteiger partial charge in [-0.05, 0) is 51.1 Å². The molecule has 1 saturated heterocycles. The van der Waals surface area contributed by atoms with Crippen LogP contribution in [0.4, 0.5) is 20.7 Å². The number of carbonyl (C=O) groups excluding carboxylic acids is 2. The van der Waals surface area contributed by atoms with Gasteiger partial charge in [-0.3, -0.25) is 9.52 Å². The van der Waals surface area contributed by atoms with E-state index in [0.717, 1.165) is 15.7 Å². The van der Waals surface area contributed by atoms with E-state index >= 15 is 4.39 Å². The Morgan fingerprint density at radius 3 is 2.40 bits per heavy atom. The molecule has 4 heterocycles. The number of benzene rings is 1. The number of hydrogen-bond acceptors (Lipinski definition) is 8. The number of piperazine rings is 1. The van der Waals surface area contributed by atoms with Crippen LogP contribution in [0.5, 0.6) is 0 Å². The van der Waals surface area contributed by atoms with Crippen molar-refractivity contribution in [3.63, 3.8) is 0 Å². The summed E-state index contributed by atoms with van der Waals surface area (Å²) in [5, 5.41) is 0.482. The fraction of sp³-hybridized carbons (Fsp3) is 0.355. The first-order chi connectivity index (χ1) is 21.3. The number of ketones is 1. The van der Waals surface area contributed by atoms with Crippen LogP contribution >= 0.6 is 0 Å². The lowest BCUT2D eigenvalue weighted by atomic mass is 10.0. The molecule has 0 spiro atoms. The summed E-state index contributed by atoms with van der Waals surface area (Å²) in [6.45, 7) is 9.63. The second kappa shape index (κ2) is 12.4. The molecule has 1 aromatic carbocycles. The zero-order chi connectivity index (χ0) is 32.5. The Morgan fingerprint density at radius 2 is 1.76 bits per heavy atom. The number of halogens is 1. The van der Waals surface area contributed by atoms with Crippen LogP contribution < -0.4 is 9.62 Å². The van der Waals surface area contributed by atoms with Gasteiger partial charge in [-0.25, -0.2) is 19.2 Å². The molecule has 1 amide bonds. The number of anilines is 2. The summed E-state index contributed by atoms with van der Waals surface area (Å²) < 4.78 is 49.1. The van der Waals surface area contributed by atoms with Crippen molar-refractivity contribution < 1.29 is 27.1 Å². The average molecular weight is 638 g/mol. The van der Waals surface area contributed by atoms with Gasteiger partial charge in [-0.1, -0.05) is 13.0 Å². The standard InChI is InChI=1S/C31H36FN7O5S/c1-6-37(5)45(42,43)36-25-9-7-8-22(27(25)32)28(40)24-19-35-29-23(24)16-21(18-34-29)20-10-11-26(33-17-20)38-12-14-39(15-13-38)30(41)44-31(2,3)4/h7-11,16-19,36H,6,12-15H2,1-5H3,(H,34,35). The fourth-order valence-electron chi connectivity index (χ4n) is 4.86. The van der Waals surface area contributed by atoms with Gasteiger partial charge in [0.2, 0.25) is 0 Å². The highest BCUT2D eigenvalue weighted by Crippen LogP contribution is 2.29. The van der Waals surface area contributed by atoms with Crippen molar-refractivity contribution >= 4 is 44.6 Å². The van der Waals surface area contributed by atoms with Gasteiger partial charge in [-0.15, -0.1) is 0 Å². The fourth-order valence-corrected chi connectivity index (χ4v) is 5.79. The van der Waals surface area contributed by atoms with Crippen LogP contribution in [0.25, 0.3) is 22.2 Å². The van der Waals surface area contributed by atoms with Crippen LogP contribution in [0.3, 0.4) is 0 Å². The van der Waals surface area contributed by atoms with E-state index in [1.54, 1.807) is 30.3 Å². The van der Waals surface area contributed by atoms with Gasteiger partial charge in [0.1, 0.15) is 17.1 Å². The number of aromatic nitrogens is 3. The smallest absolute Gasteiger partial charge is 0.410 e. The summed E-state index contributed by atoms with van der Waals surface area (Å²) in [5.74, 6) is -0.826. The van der Waals surface area contributed by atoms with Crippen LogP contribution in [-0.2, 0) is 14.9 Å². The Morgan fingerprint density at radius 1 is 1.04 bits per heavy atom. The number of amides is 1. The largest absolute Gasteiger partial charge is 0.444 e. The highest BCUT2D eigenvalue weighted by Gasteiger charge is 2.27. The minimum Gasteiger partial charge on any atom is -0.444 e. The molecular formula is C31H36FN7O5S. The molecule has 12 nitrogen and oxygen atoms in total. The average Bonchev–Trinajstić information content (AvgIpc) is 3.44. The summed E-state index contributed by atoms with van der Waals surface area (Å²) in [7, 11) is -2.62. The first-order valence-corrected chi connectivity index (χ1v) is 15.9.